The first kappa shape index (κ1) is 24.5. The lowest BCUT2D eigenvalue weighted by Crippen LogP contribution is -2.50. The highest BCUT2D eigenvalue weighted by Crippen LogP contribution is 2.30. The number of carbonyl (C=O) groups excluding carboxylic acids is 1. The number of alkyl halides is 3. The van der Waals surface area contributed by atoms with Gasteiger partial charge in [-0.25, -0.2) is 8.42 Å². The second-order valence-corrected chi connectivity index (χ2v) is 10.1. The first-order valence-electron chi connectivity index (χ1n) is 11.0. The van der Waals surface area contributed by atoms with Crippen LogP contribution in [0.25, 0.3) is 0 Å². The van der Waals surface area contributed by atoms with Crippen LogP contribution in [0.2, 0.25) is 0 Å². The zero-order valence-corrected chi connectivity index (χ0v) is 19.1. The first-order valence-corrected chi connectivity index (χ1v) is 12.4. The number of hydrogen-bond acceptors (Lipinski definition) is 5. The third-order valence-electron chi connectivity index (χ3n) is 5.89. The average Bonchev–Trinajstić information content (AvgIpc) is 3.36. The third kappa shape index (κ3) is 5.53. The number of nitrogens with zero attached hydrogens (tertiary/aromatic N) is 2. The number of amides is 1. The van der Waals surface area contributed by atoms with E-state index >= 15 is 0 Å². The zero-order chi connectivity index (χ0) is 24.3. The molecule has 2 aliphatic heterocycles. The van der Waals surface area contributed by atoms with Gasteiger partial charge in [0.05, 0.1) is 16.6 Å². The van der Waals surface area contributed by atoms with Gasteiger partial charge in [0.2, 0.25) is 10.0 Å². The van der Waals surface area contributed by atoms with Crippen LogP contribution in [-0.2, 0) is 20.9 Å². The molecular formula is C23H25F3N2O5S. The number of piperazine rings is 1. The fraction of sp³-hybridized carbons (Fsp3) is 0.435. The van der Waals surface area contributed by atoms with Gasteiger partial charge >= 0.3 is 6.18 Å². The van der Waals surface area contributed by atoms with Crippen LogP contribution in [0.5, 0.6) is 5.75 Å². The highest BCUT2D eigenvalue weighted by atomic mass is 32.2. The normalized spacial score (nSPS) is 19.9. The smallest absolute Gasteiger partial charge is 0.416 e. The summed E-state index contributed by atoms with van der Waals surface area (Å²) in [7, 11) is -3.96. The van der Waals surface area contributed by atoms with Crippen molar-refractivity contribution in [3.63, 3.8) is 0 Å². The summed E-state index contributed by atoms with van der Waals surface area (Å²) in [5, 5.41) is 0. The second-order valence-electron chi connectivity index (χ2n) is 8.19. The van der Waals surface area contributed by atoms with Gasteiger partial charge in [-0.05, 0) is 55.3 Å². The van der Waals surface area contributed by atoms with Gasteiger partial charge in [-0.2, -0.15) is 17.5 Å². The van der Waals surface area contributed by atoms with Crippen molar-refractivity contribution < 1.29 is 35.9 Å². The molecule has 2 aromatic carbocycles. The Hall–Kier alpha value is -2.63. The lowest BCUT2D eigenvalue weighted by atomic mass is 10.1. The molecule has 0 unspecified atom stereocenters. The van der Waals surface area contributed by atoms with Gasteiger partial charge in [0, 0.05) is 38.3 Å². The lowest BCUT2D eigenvalue weighted by Gasteiger charge is -2.34. The SMILES string of the molecule is O=C(c1cccc(OC[C@H]2CCCO2)c1)N1CCN(S(=O)(=O)c2ccc(C(F)(F)F)cc2)CC1. The van der Waals surface area contributed by atoms with Gasteiger partial charge in [0.15, 0.2) is 0 Å². The number of halogens is 3. The van der Waals surface area contributed by atoms with E-state index in [4.69, 9.17) is 9.47 Å². The van der Waals surface area contributed by atoms with Crippen LogP contribution in [0.1, 0.15) is 28.8 Å². The number of sulfonamides is 1. The highest BCUT2D eigenvalue weighted by Gasteiger charge is 2.33. The summed E-state index contributed by atoms with van der Waals surface area (Å²) in [6.07, 6.45) is -2.54. The standard InChI is InChI=1S/C23H25F3N2O5S/c24-23(25,26)18-6-8-21(9-7-18)34(30,31)28-12-10-27(11-13-28)22(29)17-3-1-4-19(15-17)33-16-20-5-2-14-32-20/h1,3-4,6-9,15,20H,2,5,10-14,16H2/t20-/m1/s1. The summed E-state index contributed by atoms with van der Waals surface area (Å²) in [4.78, 5) is 14.3. The maximum atomic E-state index is 12.9. The molecule has 7 nitrogen and oxygen atoms in total. The molecule has 2 aromatic rings. The fourth-order valence-electron chi connectivity index (χ4n) is 3.96. The van der Waals surface area contributed by atoms with Crippen molar-refractivity contribution in [3.05, 3.63) is 59.7 Å². The Morgan fingerprint density at radius 1 is 1.06 bits per heavy atom. The van der Waals surface area contributed by atoms with Crippen LogP contribution in [-0.4, -0.2) is 69.0 Å². The van der Waals surface area contributed by atoms with Gasteiger partial charge in [-0.1, -0.05) is 6.07 Å². The molecule has 0 saturated carbocycles. The van der Waals surface area contributed by atoms with Gasteiger partial charge in [0.25, 0.3) is 5.91 Å². The zero-order valence-electron chi connectivity index (χ0n) is 18.3. The second kappa shape index (κ2) is 9.93. The molecule has 0 aromatic heterocycles. The molecule has 0 bridgehead atoms. The van der Waals surface area contributed by atoms with E-state index in [0.717, 1.165) is 43.7 Å². The van der Waals surface area contributed by atoms with Gasteiger partial charge in [0.1, 0.15) is 12.4 Å². The summed E-state index contributed by atoms with van der Waals surface area (Å²) >= 11 is 0. The molecule has 0 spiro atoms. The number of benzene rings is 2. The molecule has 0 aliphatic carbocycles. The number of rotatable bonds is 6. The van der Waals surface area contributed by atoms with Crippen LogP contribution < -0.4 is 4.74 Å². The first-order chi connectivity index (χ1) is 16.1. The quantitative estimate of drug-likeness (QED) is 0.610. The van der Waals surface area contributed by atoms with E-state index in [-0.39, 0.29) is 43.1 Å². The van der Waals surface area contributed by atoms with Gasteiger partial charge in [-0.3, -0.25) is 4.79 Å². The van der Waals surface area contributed by atoms with E-state index in [1.54, 1.807) is 29.2 Å². The summed E-state index contributed by atoms with van der Waals surface area (Å²) in [5.74, 6) is 0.319. The molecule has 34 heavy (non-hydrogen) atoms. The number of ether oxygens (including phenoxy) is 2. The summed E-state index contributed by atoms with van der Waals surface area (Å²) in [5.41, 5.74) is -0.479. The fourth-order valence-corrected chi connectivity index (χ4v) is 5.39. The van der Waals surface area contributed by atoms with Crippen molar-refractivity contribution in [2.75, 3.05) is 39.4 Å². The molecule has 1 atom stereocenters. The lowest BCUT2D eigenvalue weighted by molar-refractivity contribution is -0.137. The highest BCUT2D eigenvalue weighted by molar-refractivity contribution is 7.89. The average molecular weight is 499 g/mol. The molecule has 11 heteroatoms. The van der Waals surface area contributed by atoms with E-state index in [1.165, 1.54) is 4.31 Å². The molecule has 4 rings (SSSR count). The maximum absolute atomic E-state index is 12.9. The molecule has 2 heterocycles. The van der Waals surface area contributed by atoms with Crippen molar-refractivity contribution in [2.24, 2.45) is 0 Å². The minimum absolute atomic E-state index is 0.0459. The Morgan fingerprint density at radius 3 is 2.38 bits per heavy atom. The van der Waals surface area contributed by atoms with E-state index < -0.39 is 21.8 Å². The van der Waals surface area contributed by atoms with Crippen LogP contribution >= 0.6 is 0 Å². The van der Waals surface area contributed by atoms with Crippen LogP contribution in [0.4, 0.5) is 13.2 Å². The third-order valence-corrected chi connectivity index (χ3v) is 7.80. The Balaban J connectivity index is 1.35. The minimum Gasteiger partial charge on any atom is -0.491 e. The van der Waals surface area contributed by atoms with E-state index in [2.05, 4.69) is 0 Å². The van der Waals surface area contributed by atoms with E-state index in [9.17, 15) is 26.4 Å². The Morgan fingerprint density at radius 2 is 1.76 bits per heavy atom. The van der Waals surface area contributed by atoms with Crippen molar-refractivity contribution in [1.29, 1.82) is 0 Å². The monoisotopic (exact) mass is 498 g/mol. The predicted octanol–water partition coefficient (Wildman–Crippen LogP) is 3.41. The summed E-state index contributed by atoms with van der Waals surface area (Å²) < 4.78 is 76.4. The maximum Gasteiger partial charge on any atom is 0.416 e. The molecule has 2 aliphatic rings. The largest absolute Gasteiger partial charge is 0.491 e. The molecule has 0 N–H and O–H groups in total. The Labute approximate surface area is 196 Å². The number of hydrogen-bond donors (Lipinski definition) is 0. The predicted molar refractivity (Wildman–Crippen MR) is 117 cm³/mol. The molecule has 2 saturated heterocycles. The molecule has 2 fully saturated rings. The van der Waals surface area contributed by atoms with Crippen molar-refractivity contribution >= 4 is 15.9 Å². The molecular weight excluding hydrogens is 473 g/mol. The molecule has 1 amide bonds. The Kier molecular flexibility index (Phi) is 7.15. The van der Waals surface area contributed by atoms with Crippen molar-refractivity contribution in [3.8, 4) is 5.75 Å². The minimum atomic E-state index is -4.54. The van der Waals surface area contributed by atoms with Crippen molar-refractivity contribution in [2.45, 2.75) is 30.0 Å². The summed E-state index contributed by atoms with van der Waals surface area (Å²) in [6, 6.07) is 10.2. The topological polar surface area (TPSA) is 76.2 Å². The van der Waals surface area contributed by atoms with Gasteiger partial charge < -0.3 is 14.4 Å². The van der Waals surface area contributed by atoms with Crippen LogP contribution in [0, 0.1) is 0 Å². The van der Waals surface area contributed by atoms with E-state index in [0.29, 0.717) is 17.9 Å². The molecule has 184 valence electrons. The molecule has 0 radical (unpaired) electrons. The van der Waals surface area contributed by atoms with Crippen LogP contribution in [0.15, 0.2) is 53.4 Å². The van der Waals surface area contributed by atoms with Crippen molar-refractivity contribution in [1.82, 2.24) is 9.21 Å². The van der Waals surface area contributed by atoms with E-state index in [1.807, 2.05) is 0 Å². The van der Waals surface area contributed by atoms with Crippen LogP contribution in [0.3, 0.4) is 0 Å². The number of carbonyl (C=O) groups is 1. The Bertz CT molecular complexity index is 1110. The summed E-state index contributed by atoms with van der Waals surface area (Å²) in [6.45, 7) is 1.57. The van der Waals surface area contributed by atoms with Gasteiger partial charge in [-0.15, -0.1) is 0 Å².